The zero-order valence-electron chi connectivity index (χ0n) is 26.7. The third-order valence-corrected chi connectivity index (χ3v) is 9.11. The molecule has 0 radical (unpaired) electrons. The summed E-state index contributed by atoms with van der Waals surface area (Å²) in [5.74, 6) is 1.63. The van der Waals surface area contributed by atoms with E-state index in [4.69, 9.17) is 14.7 Å². The van der Waals surface area contributed by atoms with Crippen LogP contribution in [0.1, 0.15) is 52.7 Å². The summed E-state index contributed by atoms with van der Waals surface area (Å²) < 4.78 is 6.88. The topological polar surface area (TPSA) is 35.0 Å². The Morgan fingerprint density at radius 1 is 0.467 bits per heavy atom. The molecule has 220 valence electrons. The SMILES string of the molecule is CC(C)(C)c1cc(Oc2cc(C(C)(C)C)c3ccc4c5ccccc5cnc4c3c2)cc2c1ccc1cc3ccccc3nc12. The Bertz CT molecular complexity index is 2410. The number of fused-ring (bicyclic) bond motifs is 9. The molecular weight excluding hydrogens is 548 g/mol. The number of nitrogens with zero attached hydrogens (tertiary/aromatic N) is 2. The molecule has 2 heterocycles. The maximum absolute atomic E-state index is 6.88. The van der Waals surface area contributed by atoms with E-state index in [0.717, 1.165) is 60.4 Å². The van der Waals surface area contributed by atoms with E-state index in [0.29, 0.717) is 0 Å². The normalized spacial score (nSPS) is 12.7. The fraction of sp³-hybridized carbons (Fsp3) is 0.190. The zero-order valence-corrected chi connectivity index (χ0v) is 26.7. The van der Waals surface area contributed by atoms with Crippen LogP contribution < -0.4 is 4.74 Å². The van der Waals surface area contributed by atoms with Crippen molar-refractivity contribution in [2.75, 3.05) is 0 Å². The second kappa shape index (κ2) is 9.74. The second-order valence-electron chi connectivity index (χ2n) is 14.4. The van der Waals surface area contributed by atoms with Gasteiger partial charge >= 0.3 is 0 Å². The maximum Gasteiger partial charge on any atom is 0.128 e. The predicted molar refractivity (Wildman–Crippen MR) is 191 cm³/mol. The molecule has 3 nitrogen and oxygen atoms in total. The quantitative estimate of drug-likeness (QED) is 0.150. The standard InChI is InChI=1S/C42H36N2O/c1-41(2,3)36-22-28(20-34-31(36)16-15-26-19-25-11-8-10-14-38(25)44-39(26)34)45-29-21-35-32(37(23-29)42(4,5)6)17-18-33-30-13-9-7-12-27(30)24-43-40(33)35/h7-24H,1-6H3. The summed E-state index contributed by atoms with van der Waals surface area (Å²) in [6.45, 7) is 13.6. The van der Waals surface area contributed by atoms with Crippen LogP contribution in [0.25, 0.3) is 65.0 Å². The van der Waals surface area contributed by atoms with Crippen molar-refractivity contribution in [2.45, 2.75) is 52.4 Å². The number of para-hydroxylation sites is 1. The Morgan fingerprint density at radius 3 is 1.73 bits per heavy atom. The smallest absolute Gasteiger partial charge is 0.128 e. The molecule has 0 aliphatic carbocycles. The lowest BCUT2D eigenvalue weighted by Crippen LogP contribution is -2.12. The lowest BCUT2D eigenvalue weighted by Gasteiger charge is -2.25. The maximum atomic E-state index is 6.88. The summed E-state index contributed by atoms with van der Waals surface area (Å²) in [5.41, 5.74) is 5.28. The van der Waals surface area contributed by atoms with Gasteiger partial charge in [0.2, 0.25) is 0 Å². The number of pyridine rings is 2. The van der Waals surface area contributed by atoms with Crippen LogP contribution in [-0.4, -0.2) is 9.97 Å². The van der Waals surface area contributed by atoms with E-state index >= 15 is 0 Å². The van der Waals surface area contributed by atoms with E-state index in [9.17, 15) is 0 Å². The number of hydrogen-bond acceptors (Lipinski definition) is 3. The van der Waals surface area contributed by atoms with E-state index in [1.54, 1.807) is 0 Å². The van der Waals surface area contributed by atoms with Crippen LogP contribution >= 0.6 is 0 Å². The minimum atomic E-state index is -0.0940. The molecule has 0 aliphatic rings. The van der Waals surface area contributed by atoms with Gasteiger partial charge in [-0.3, -0.25) is 4.98 Å². The van der Waals surface area contributed by atoms with Gasteiger partial charge in [0.1, 0.15) is 11.5 Å². The number of ether oxygens (including phenoxy) is 1. The fourth-order valence-corrected chi connectivity index (χ4v) is 6.88. The van der Waals surface area contributed by atoms with Crippen molar-refractivity contribution in [3.05, 3.63) is 120 Å². The minimum absolute atomic E-state index is 0.0940. The van der Waals surface area contributed by atoms with Crippen LogP contribution in [0.15, 0.2) is 109 Å². The van der Waals surface area contributed by atoms with E-state index in [1.165, 1.54) is 27.3 Å². The number of rotatable bonds is 2. The highest BCUT2D eigenvalue weighted by Crippen LogP contribution is 2.42. The highest BCUT2D eigenvalue weighted by atomic mass is 16.5. The molecule has 8 aromatic rings. The molecule has 6 aromatic carbocycles. The van der Waals surface area contributed by atoms with Crippen molar-refractivity contribution in [2.24, 2.45) is 0 Å². The molecule has 0 atom stereocenters. The van der Waals surface area contributed by atoms with E-state index in [-0.39, 0.29) is 10.8 Å². The first-order valence-corrected chi connectivity index (χ1v) is 15.7. The number of benzene rings is 6. The Kier molecular flexibility index (Phi) is 5.96. The molecular formula is C42H36N2O. The average molecular weight is 585 g/mol. The van der Waals surface area contributed by atoms with E-state index in [1.807, 2.05) is 6.20 Å². The molecule has 0 saturated carbocycles. The van der Waals surface area contributed by atoms with E-state index < -0.39 is 0 Å². The van der Waals surface area contributed by atoms with Gasteiger partial charge in [-0.2, -0.15) is 0 Å². The van der Waals surface area contributed by atoms with Gasteiger partial charge in [-0.05, 0) is 74.5 Å². The molecule has 0 aliphatic heterocycles. The molecule has 2 aromatic heterocycles. The molecule has 0 spiro atoms. The summed E-state index contributed by atoms with van der Waals surface area (Å²) in [7, 11) is 0. The third kappa shape index (κ3) is 4.57. The number of hydrogen-bond donors (Lipinski definition) is 0. The summed E-state index contributed by atoms with van der Waals surface area (Å²) in [4.78, 5) is 10.2. The van der Waals surface area contributed by atoms with E-state index in [2.05, 4.69) is 145 Å². The van der Waals surface area contributed by atoms with Crippen LogP contribution in [-0.2, 0) is 10.8 Å². The average Bonchev–Trinajstić information content (AvgIpc) is 3.02. The first kappa shape index (κ1) is 27.5. The first-order chi connectivity index (χ1) is 21.5. The van der Waals surface area contributed by atoms with Crippen molar-refractivity contribution in [1.29, 1.82) is 0 Å². The van der Waals surface area contributed by atoms with Gasteiger partial charge in [0.15, 0.2) is 0 Å². The minimum Gasteiger partial charge on any atom is -0.457 e. The molecule has 0 unspecified atom stereocenters. The summed E-state index contributed by atoms with van der Waals surface area (Å²) >= 11 is 0. The molecule has 3 heteroatoms. The van der Waals surface area contributed by atoms with Gasteiger partial charge in [-0.25, -0.2) is 4.98 Å². The van der Waals surface area contributed by atoms with Crippen molar-refractivity contribution >= 4 is 65.0 Å². The largest absolute Gasteiger partial charge is 0.457 e. The first-order valence-electron chi connectivity index (χ1n) is 15.7. The van der Waals surface area contributed by atoms with Crippen LogP contribution in [0.4, 0.5) is 0 Å². The van der Waals surface area contributed by atoms with Crippen LogP contribution in [0.5, 0.6) is 11.5 Å². The van der Waals surface area contributed by atoms with Crippen molar-refractivity contribution in [3.63, 3.8) is 0 Å². The molecule has 0 fully saturated rings. The fourth-order valence-electron chi connectivity index (χ4n) is 6.88. The van der Waals surface area contributed by atoms with Gasteiger partial charge in [0.25, 0.3) is 0 Å². The number of aromatic nitrogens is 2. The highest BCUT2D eigenvalue weighted by molar-refractivity contribution is 6.16. The van der Waals surface area contributed by atoms with Crippen molar-refractivity contribution in [1.82, 2.24) is 9.97 Å². The van der Waals surface area contributed by atoms with Crippen LogP contribution in [0, 0.1) is 0 Å². The summed E-state index contributed by atoms with van der Waals surface area (Å²) in [5, 5.41) is 10.4. The Hall–Kier alpha value is -5.02. The molecule has 0 saturated heterocycles. The zero-order chi connectivity index (χ0) is 31.1. The van der Waals surface area contributed by atoms with Gasteiger partial charge in [-0.1, -0.05) is 108 Å². The Morgan fingerprint density at radius 2 is 1.04 bits per heavy atom. The summed E-state index contributed by atoms with van der Waals surface area (Å²) in [6, 6.07) is 36.7. The Labute approximate surface area is 263 Å². The molecule has 0 bridgehead atoms. The van der Waals surface area contributed by atoms with Gasteiger partial charge in [0, 0.05) is 38.5 Å². The molecule has 0 N–H and O–H groups in total. The lowest BCUT2D eigenvalue weighted by atomic mass is 9.82. The van der Waals surface area contributed by atoms with Crippen molar-refractivity contribution < 1.29 is 4.74 Å². The predicted octanol–water partition coefficient (Wildman–Crippen LogP) is 11.8. The monoisotopic (exact) mass is 584 g/mol. The molecule has 0 amide bonds. The van der Waals surface area contributed by atoms with Gasteiger partial charge in [-0.15, -0.1) is 0 Å². The second-order valence-corrected chi connectivity index (χ2v) is 14.4. The van der Waals surface area contributed by atoms with Gasteiger partial charge < -0.3 is 4.74 Å². The van der Waals surface area contributed by atoms with Gasteiger partial charge in [0.05, 0.1) is 16.6 Å². The summed E-state index contributed by atoms with van der Waals surface area (Å²) in [6.07, 6.45) is 1.99. The highest BCUT2D eigenvalue weighted by Gasteiger charge is 2.23. The third-order valence-electron chi connectivity index (χ3n) is 9.11. The Balaban J connectivity index is 1.38. The lowest BCUT2D eigenvalue weighted by molar-refractivity contribution is 0.477. The molecule has 8 rings (SSSR count). The van der Waals surface area contributed by atoms with Crippen LogP contribution in [0.2, 0.25) is 0 Å². The molecule has 45 heavy (non-hydrogen) atoms. The van der Waals surface area contributed by atoms with Crippen molar-refractivity contribution in [3.8, 4) is 11.5 Å². The van der Waals surface area contributed by atoms with Crippen LogP contribution in [0.3, 0.4) is 0 Å².